The van der Waals surface area contributed by atoms with Crippen molar-refractivity contribution in [2.45, 2.75) is 52.6 Å². The van der Waals surface area contributed by atoms with Crippen molar-refractivity contribution in [3.8, 4) is 0 Å². The Balaban J connectivity index is 0.00000544. The third-order valence-electron chi connectivity index (χ3n) is 4.59. The fourth-order valence-corrected chi connectivity index (χ4v) is 3.03. The Bertz CT molecular complexity index is 895. The molecule has 2 aromatic carbocycles. The van der Waals surface area contributed by atoms with Crippen LogP contribution in [0.4, 0.5) is 4.79 Å². The number of aliphatic imine (C=N–C) groups is 1. The minimum atomic E-state index is -0.500. The molecule has 0 saturated carbocycles. The normalized spacial score (nSPS) is 11.4. The van der Waals surface area contributed by atoms with E-state index in [4.69, 9.17) is 9.47 Å². The molecule has 0 saturated heterocycles. The molecule has 0 aromatic heterocycles. The van der Waals surface area contributed by atoms with E-state index in [0.717, 1.165) is 22.6 Å². The van der Waals surface area contributed by atoms with Gasteiger partial charge >= 0.3 is 6.09 Å². The van der Waals surface area contributed by atoms with Gasteiger partial charge in [-0.05, 0) is 43.0 Å². The second-order valence-corrected chi connectivity index (χ2v) is 8.69. The lowest BCUT2D eigenvalue weighted by atomic mass is 10.1. The molecule has 0 unspecified atom stereocenters. The van der Waals surface area contributed by atoms with Gasteiger partial charge in [-0.1, -0.05) is 48.5 Å². The largest absolute Gasteiger partial charge is 0.444 e. The predicted molar refractivity (Wildman–Crippen MR) is 144 cm³/mol. The summed E-state index contributed by atoms with van der Waals surface area (Å²) in [7, 11) is 5.19. The summed E-state index contributed by atoms with van der Waals surface area (Å²) in [5.41, 5.74) is 3.98. The van der Waals surface area contributed by atoms with Crippen LogP contribution in [0.15, 0.2) is 53.5 Å². The van der Waals surface area contributed by atoms with Crippen molar-refractivity contribution in [1.29, 1.82) is 0 Å². The van der Waals surface area contributed by atoms with Crippen LogP contribution in [-0.2, 0) is 35.7 Å². The molecule has 0 spiro atoms. The molecule has 33 heavy (non-hydrogen) atoms. The Morgan fingerprint density at radius 2 is 1.55 bits per heavy atom. The molecule has 0 aliphatic heterocycles. The number of carbonyl (C=O) groups is 1. The number of methoxy groups -OCH3 is 1. The monoisotopic (exact) mass is 568 g/mol. The van der Waals surface area contributed by atoms with Gasteiger partial charge in [-0.25, -0.2) is 4.79 Å². The van der Waals surface area contributed by atoms with E-state index in [1.54, 1.807) is 26.1 Å². The maximum absolute atomic E-state index is 12.1. The van der Waals surface area contributed by atoms with Crippen molar-refractivity contribution >= 4 is 36.0 Å². The summed E-state index contributed by atoms with van der Waals surface area (Å²) in [6, 6.07) is 16.4. The first-order chi connectivity index (χ1) is 15.2. The molecule has 0 atom stereocenters. The Morgan fingerprint density at radius 3 is 2.12 bits per heavy atom. The number of hydrogen-bond donors (Lipinski definition) is 2. The third kappa shape index (κ3) is 10.9. The molecule has 0 aliphatic carbocycles. The smallest absolute Gasteiger partial charge is 0.410 e. The van der Waals surface area contributed by atoms with E-state index < -0.39 is 5.60 Å². The van der Waals surface area contributed by atoms with Crippen molar-refractivity contribution in [2.24, 2.45) is 4.99 Å². The van der Waals surface area contributed by atoms with E-state index in [1.165, 1.54) is 5.56 Å². The molecule has 8 heteroatoms. The number of ether oxygens (including phenoxy) is 2. The summed E-state index contributed by atoms with van der Waals surface area (Å²) >= 11 is 0. The van der Waals surface area contributed by atoms with Crippen LogP contribution in [0.5, 0.6) is 0 Å². The lowest BCUT2D eigenvalue weighted by Gasteiger charge is -2.24. The van der Waals surface area contributed by atoms with E-state index in [-0.39, 0.29) is 30.1 Å². The van der Waals surface area contributed by atoms with Crippen LogP contribution in [0, 0.1) is 0 Å². The quantitative estimate of drug-likeness (QED) is 0.275. The zero-order valence-corrected chi connectivity index (χ0v) is 22.8. The van der Waals surface area contributed by atoms with Gasteiger partial charge in [-0.3, -0.25) is 4.99 Å². The molecule has 0 heterocycles. The highest BCUT2D eigenvalue weighted by Gasteiger charge is 2.19. The average Bonchev–Trinajstić information content (AvgIpc) is 2.74. The molecular weight excluding hydrogens is 531 g/mol. The van der Waals surface area contributed by atoms with Gasteiger partial charge < -0.3 is 25.0 Å². The average molecular weight is 569 g/mol. The molecule has 7 nitrogen and oxygen atoms in total. The van der Waals surface area contributed by atoms with E-state index in [1.807, 2.05) is 51.1 Å². The van der Waals surface area contributed by atoms with Crippen molar-refractivity contribution in [3.63, 3.8) is 0 Å². The zero-order valence-electron chi connectivity index (χ0n) is 20.5. The Labute approximate surface area is 215 Å². The molecule has 182 valence electrons. The standard InChI is InChI=1S/C25H36N4O3.HI/c1-25(2,3)32-24(30)29(5)17-20-12-10-19(11-13-20)15-27-23(26-4)28-16-21-8-7-9-22(14-21)18-31-6;/h7-14H,15-18H2,1-6H3,(H2,26,27,28);1H. The molecule has 1 amide bonds. The Hall–Kier alpha value is -2.33. The lowest BCUT2D eigenvalue weighted by Crippen LogP contribution is -2.36. The molecule has 2 rings (SSSR count). The molecule has 0 aliphatic rings. The van der Waals surface area contributed by atoms with Crippen molar-refractivity contribution in [3.05, 3.63) is 70.8 Å². The van der Waals surface area contributed by atoms with Crippen LogP contribution in [0.2, 0.25) is 0 Å². The van der Waals surface area contributed by atoms with Crippen LogP contribution in [0.25, 0.3) is 0 Å². The van der Waals surface area contributed by atoms with Crippen molar-refractivity contribution in [2.75, 3.05) is 21.2 Å². The third-order valence-corrected chi connectivity index (χ3v) is 4.59. The fraction of sp³-hybridized carbons (Fsp3) is 0.440. The SMILES string of the molecule is CN=C(NCc1ccc(CN(C)C(=O)OC(C)(C)C)cc1)NCc1cccc(COC)c1.I. The Kier molecular flexibility index (Phi) is 12.2. The summed E-state index contributed by atoms with van der Waals surface area (Å²) in [5, 5.41) is 6.66. The molecule has 0 fully saturated rings. The molecular formula is C25H37IN4O3. The predicted octanol–water partition coefficient (Wildman–Crippen LogP) is 4.68. The first-order valence-corrected chi connectivity index (χ1v) is 10.7. The fourth-order valence-electron chi connectivity index (χ4n) is 3.03. The van der Waals surface area contributed by atoms with Gasteiger partial charge in [0.15, 0.2) is 5.96 Å². The summed E-state index contributed by atoms with van der Waals surface area (Å²) in [4.78, 5) is 18.0. The topological polar surface area (TPSA) is 75.2 Å². The minimum Gasteiger partial charge on any atom is -0.444 e. The second-order valence-electron chi connectivity index (χ2n) is 8.69. The van der Waals surface area contributed by atoms with Gasteiger partial charge in [0.25, 0.3) is 0 Å². The lowest BCUT2D eigenvalue weighted by molar-refractivity contribution is 0.0285. The second kappa shape index (κ2) is 14.0. The Morgan fingerprint density at radius 1 is 0.970 bits per heavy atom. The van der Waals surface area contributed by atoms with Gasteiger partial charge in [-0.15, -0.1) is 24.0 Å². The molecule has 0 bridgehead atoms. The van der Waals surface area contributed by atoms with Gasteiger partial charge in [0.1, 0.15) is 5.60 Å². The van der Waals surface area contributed by atoms with Gasteiger partial charge in [0, 0.05) is 40.8 Å². The van der Waals surface area contributed by atoms with Crippen LogP contribution in [0.3, 0.4) is 0 Å². The highest BCUT2D eigenvalue weighted by molar-refractivity contribution is 14.0. The van der Waals surface area contributed by atoms with Crippen LogP contribution in [-0.4, -0.2) is 43.8 Å². The van der Waals surface area contributed by atoms with Crippen molar-refractivity contribution < 1.29 is 14.3 Å². The zero-order chi connectivity index (χ0) is 23.6. The maximum Gasteiger partial charge on any atom is 0.410 e. The van der Waals surface area contributed by atoms with Crippen LogP contribution in [0.1, 0.15) is 43.0 Å². The number of guanidine groups is 1. The van der Waals surface area contributed by atoms with Gasteiger partial charge in [0.05, 0.1) is 6.61 Å². The van der Waals surface area contributed by atoms with E-state index in [9.17, 15) is 4.79 Å². The highest BCUT2D eigenvalue weighted by atomic mass is 127. The van der Waals surface area contributed by atoms with E-state index in [2.05, 4.69) is 33.8 Å². The van der Waals surface area contributed by atoms with E-state index in [0.29, 0.717) is 26.2 Å². The van der Waals surface area contributed by atoms with Gasteiger partial charge in [0.2, 0.25) is 0 Å². The van der Waals surface area contributed by atoms with Crippen molar-refractivity contribution in [1.82, 2.24) is 15.5 Å². The van der Waals surface area contributed by atoms with Gasteiger partial charge in [-0.2, -0.15) is 0 Å². The summed E-state index contributed by atoms with van der Waals surface area (Å²) in [6.45, 7) is 8.00. The molecule has 2 N–H and O–H groups in total. The maximum atomic E-state index is 12.1. The van der Waals surface area contributed by atoms with E-state index >= 15 is 0 Å². The number of rotatable bonds is 8. The number of amides is 1. The summed E-state index contributed by atoms with van der Waals surface area (Å²) in [6.07, 6.45) is -0.328. The first-order valence-electron chi connectivity index (χ1n) is 10.7. The molecule has 2 aromatic rings. The minimum absolute atomic E-state index is 0. The number of carbonyl (C=O) groups excluding carboxylic acids is 1. The van der Waals surface area contributed by atoms with Crippen LogP contribution < -0.4 is 10.6 Å². The highest BCUT2D eigenvalue weighted by Crippen LogP contribution is 2.12. The summed E-state index contributed by atoms with van der Waals surface area (Å²) < 4.78 is 10.6. The number of nitrogens with zero attached hydrogens (tertiary/aromatic N) is 2. The number of nitrogens with one attached hydrogen (secondary N) is 2. The summed E-state index contributed by atoms with van der Waals surface area (Å²) in [5.74, 6) is 0.732. The number of hydrogen-bond acceptors (Lipinski definition) is 4. The number of benzene rings is 2. The first kappa shape index (κ1) is 28.7. The van der Waals surface area contributed by atoms with Crippen LogP contribution >= 0.6 is 24.0 Å². The number of halogens is 1. The molecule has 0 radical (unpaired) electrons.